The Morgan fingerprint density at radius 1 is 0.550 bits per heavy atom. The number of Topliss-reactive ketones (excluding diaryl/α,β-unsaturated/α-hetero) is 2. The fourth-order valence-corrected chi connectivity index (χ4v) is 7.51. The lowest BCUT2D eigenvalue weighted by atomic mass is 9.83. The number of hydrogen-bond donors (Lipinski definition) is 4. The number of benzene rings is 4. The number of hydrogen-bond acceptors (Lipinski definition) is 8. The van der Waals surface area contributed by atoms with E-state index in [2.05, 4.69) is 93.2 Å². The van der Waals surface area contributed by atoms with Crippen molar-refractivity contribution < 1.29 is 24.3 Å². The molecule has 5 N–H and O–H groups in total. The maximum absolute atomic E-state index is 12.8. The summed E-state index contributed by atoms with van der Waals surface area (Å²) in [5.74, 6) is -0.416. The van der Waals surface area contributed by atoms with E-state index in [4.69, 9.17) is 10.8 Å². The monoisotopic (exact) mass is 817 g/mol. The minimum Gasteiger partial charge on any atom is -0.388 e. The van der Waals surface area contributed by atoms with E-state index < -0.39 is 30.0 Å². The summed E-state index contributed by atoms with van der Waals surface area (Å²) in [7, 11) is 0. The third kappa shape index (κ3) is 12.2. The van der Waals surface area contributed by atoms with Crippen molar-refractivity contribution in [1.29, 1.82) is 0 Å². The highest BCUT2D eigenvalue weighted by molar-refractivity contribution is 5.91. The highest BCUT2D eigenvalue weighted by Gasteiger charge is 2.35. The van der Waals surface area contributed by atoms with E-state index in [0.717, 1.165) is 18.8 Å². The Labute approximate surface area is 355 Å². The van der Waals surface area contributed by atoms with E-state index in [-0.39, 0.29) is 23.3 Å². The van der Waals surface area contributed by atoms with E-state index >= 15 is 0 Å². The van der Waals surface area contributed by atoms with Crippen molar-refractivity contribution >= 4 is 35.0 Å². The van der Waals surface area contributed by atoms with E-state index in [9.17, 15) is 19.2 Å². The molecular weight excluding hydrogens is 755 g/mol. The second-order valence-electron chi connectivity index (χ2n) is 17.2. The van der Waals surface area contributed by atoms with Gasteiger partial charge in [0.2, 0.25) is 0 Å². The summed E-state index contributed by atoms with van der Waals surface area (Å²) in [6.45, 7) is 15.8. The van der Waals surface area contributed by atoms with E-state index in [0.29, 0.717) is 45.7 Å². The van der Waals surface area contributed by atoms with Crippen molar-refractivity contribution in [2.45, 2.75) is 65.6 Å². The second kappa shape index (κ2) is 20.5. The number of aliphatic hydroxyl groups excluding tert-OH is 1. The van der Waals surface area contributed by atoms with Gasteiger partial charge in [-0.15, -0.1) is 0 Å². The highest BCUT2D eigenvalue weighted by Crippen LogP contribution is 2.26. The topological polar surface area (TPSA) is 152 Å². The molecule has 12 heteroatoms. The van der Waals surface area contributed by atoms with Gasteiger partial charge in [0.1, 0.15) is 12.6 Å². The van der Waals surface area contributed by atoms with Gasteiger partial charge in [0.25, 0.3) is 0 Å². The maximum atomic E-state index is 12.8. The van der Waals surface area contributed by atoms with Crippen LogP contribution in [0.4, 0.5) is 21.0 Å². The zero-order chi connectivity index (χ0) is 43.5. The molecule has 60 heavy (non-hydrogen) atoms. The van der Waals surface area contributed by atoms with Crippen LogP contribution in [0.5, 0.6) is 0 Å². The van der Waals surface area contributed by atoms with Gasteiger partial charge in [-0.2, -0.15) is 0 Å². The third-order valence-electron chi connectivity index (χ3n) is 11.1. The van der Waals surface area contributed by atoms with Gasteiger partial charge < -0.3 is 41.1 Å². The van der Waals surface area contributed by atoms with Gasteiger partial charge in [-0.05, 0) is 65.8 Å². The van der Waals surface area contributed by atoms with Gasteiger partial charge in [-0.3, -0.25) is 9.59 Å². The fraction of sp³-hybridized carbons (Fsp3) is 0.417. The Balaban J connectivity index is 0.000000228. The van der Waals surface area contributed by atoms with Crippen LogP contribution >= 0.6 is 0 Å². The minimum absolute atomic E-state index is 0.0768. The number of aliphatic hydroxyl groups is 1. The summed E-state index contributed by atoms with van der Waals surface area (Å²) in [5.41, 5.74) is 11.8. The van der Waals surface area contributed by atoms with Crippen molar-refractivity contribution in [3.05, 3.63) is 109 Å². The third-order valence-corrected chi connectivity index (χ3v) is 11.1. The molecule has 2 heterocycles. The van der Waals surface area contributed by atoms with Crippen LogP contribution in [0.1, 0.15) is 48.0 Å². The molecule has 0 aromatic heterocycles. The number of nitrogens with one attached hydrogen (secondary N) is 2. The summed E-state index contributed by atoms with van der Waals surface area (Å²) in [6, 6.07) is 35.7. The van der Waals surface area contributed by atoms with Gasteiger partial charge in [0, 0.05) is 75.7 Å². The predicted molar refractivity (Wildman–Crippen MR) is 241 cm³/mol. The summed E-state index contributed by atoms with van der Waals surface area (Å²) in [5, 5.41) is 14.8. The number of nitrogens with zero attached hydrogens (tertiary/aromatic N) is 4. The van der Waals surface area contributed by atoms with Gasteiger partial charge in [-0.1, -0.05) is 113 Å². The quantitative estimate of drug-likeness (QED) is 0.135. The largest absolute Gasteiger partial charge is 0.388 e. The summed E-state index contributed by atoms with van der Waals surface area (Å²) in [4.78, 5) is 57.7. The Kier molecular flexibility index (Phi) is 15.5. The van der Waals surface area contributed by atoms with Gasteiger partial charge in [0.15, 0.2) is 11.6 Å². The SMILES string of the molecule is CC(C)(N)[C@H](NC(=O)N1CCN(c2ccc(-c3ccccc3)cc2)CC1)C(=O)CO.CCC(=O)[C@@H](NC(=O)N1CCN(c2ccc(-c3ccccc3)cc2)CC1)C(C)(C)C. The number of amides is 4. The Bertz CT molecular complexity index is 1850. The van der Waals surface area contributed by atoms with Crippen LogP contribution in [0.25, 0.3) is 22.3 Å². The Hall–Kier alpha value is -5.72. The molecule has 0 bridgehead atoms. The molecule has 6 rings (SSSR count). The second-order valence-corrected chi connectivity index (χ2v) is 17.2. The molecular formula is C48H63N7O5. The summed E-state index contributed by atoms with van der Waals surface area (Å²) in [6.07, 6.45) is 0.426. The predicted octanol–water partition coefficient (Wildman–Crippen LogP) is 6.43. The Morgan fingerprint density at radius 2 is 0.900 bits per heavy atom. The molecule has 2 aliphatic rings. The zero-order valence-electron chi connectivity index (χ0n) is 36.1. The zero-order valence-corrected chi connectivity index (χ0v) is 36.1. The molecule has 2 aliphatic heterocycles. The number of anilines is 2. The standard InChI is InChI=1S/C25H33N3O2.C23H30N4O3/c1-5-22(29)23(25(2,3)4)26-24(30)28-17-15-27(16-18-28)21-13-11-20(12-14-21)19-9-7-6-8-10-19;1-23(2,24)21(20(29)16-28)25-22(30)27-14-12-26(13-15-27)19-10-8-18(9-11-19)17-6-4-3-5-7-17/h6-14,23H,5,15-18H2,1-4H3,(H,26,30);3-11,21,28H,12-16,24H2,1-2H3,(H,25,30)/t23-;21-/m11/s1. The van der Waals surface area contributed by atoms with Crippen LogP contribution in [0.15, 0.2) is 109 Å². The van der Waals surface area contributed by atoms with E-state index in [1.165, 1.54) is 27.9 Å². The molecule has 0 unspecified atom stereocenters. The van der Waals surface area contributed by atoms with Gasteiger partial charge in [-0.25, -0.2) is 9.59 Å². The number of carbonyl (C=O) groups excluding carboxylic acids is 4. The normalized spacial score (nSPS) is 15.6. The first-order chi connectivity index (χ1) is 28.6. The number of carbonyl (C=O) groups is 4. The van der Waals surface area contributed by atoms with E-state index in [1.807, 2.05) is 69.0 Å². The van der Waals surface area contributed by atoms with Crippen LogP contribution in [0.2, 0.25) is 0 Å². The van der Waals surface area contributed by atoms with E-state index in [1.54, 1.807) is 18.7 Å². The maximum Gasteiger partial charge on any atom is 0.318 e. The number of piperazine rings is 2. The van der Waals surface area contributed by atoms with Gasteiger partial charge in [0.05, 0.1) is 6.04 Å². The number of rotatable bonds is 11. The molecule has 4 aromatic rings. The molecule has 4 aromatic carbocycles. The molecule has 12 nitrogen and oxygen atoms in total. The molecule has 4 amide bonds. The molecule has 0 saturated carbocycles. The summed E-state index contributed by atoms with van der Waals surface area (Å²) >= 11 is 0. The average molecular weight is 818 g/mol. The smallest absolute Gasteiger partial charge is 0.318 e. The molecule has 0 aliphatic carbocycles. The lowest BCUT2D eigenvalue weighted by molar-refractivity contribution is -0.125. The van der Waals surface area contributed by atoms with Crippen LogP contribution < -0.4 is 26.2 Å². The molecule has 2 fully saturated rings. The van der Waals surface area contributed by atoms with Crippen LogP contribution in [0.3, 0.4) is 0 Å². The van der Waals surface area contributed by atoms with Crippen molar-refractivity contribution in [1.82, 2.24) is 20.4 Å². The molecule has 0 radical (unpaired) electrons. The van der Waals surface area contributed by atoms with Gasteiger partial charge >= 0.3 is 12.1 Å². The number of urea groups is 2. The first-order valence-corrected chi connectivity index (χ1v) is 21.0. The van der Waals surface area contributed by atoms with Crippen LogP contribution in [0, 0.1) is 5.41 Å². The minimum atomic E-state index is -0.961. The van der Waals surface area contributed by atoms with Crippen LogP contribution in [-0.2, 0) is 9.59 Å². The van der Waals surface area contributed by atoms with Crippen molar-refractivity contribution in [2.24, 2.45) is 11.1 Å². The molecule has 2 atom stereocenters. The van der Waals surface area contributed by atoms with Crippen molar-refractivity contribution in [2.75, 3.05) is 68.8 Å². The highest BCUT2D eigenvalue weighted by atomic mass is 16.3. The molecule has 320 valence electrons. The lowest BCUT2D eigenvalue weighted by Crippen LogP contribution is -2.62. The van der Waals surface area contributed by atoms with Crippen LogP contribution in [-0.4, -0.2) is 115 Å². The molecule has 2 saturated heterocycles. The fourth-order valence-electron chi connectivity index (χ4n) is 7.51. The molecule has 0 spiro atoms. The first kappa shape index (κ1) is 45.4. The van der Waals surface area contributed by atoms with Crippen molar-refractivity contribution in [3.8, 4) is 22.3 Å². The van der Waals surface area contributed by atoms with Crippen molar-refractivity contribution in [3.63, 3.8) is 0 Å². The first-order valence-electron chi connectivity index (χ1n) is 21.0. The lowest BCUT2D eigenvalue weighted by Gasteiger charge is -2.38. The number of nitrogens with two attached hydrogens (primary N) is 1. The Morgan fingerprint density at radius 3 is 1.22 bits per heavy atom. The summed E-state index contributed by atoms with van der Waals surface area (Å²) < 4.78 is 0. The average Bonchev–Trinajstić information content (AvgIpc) is 3.27. The number of ketones is 2.